The van der Waals surface area contributed by atoms with Crippen LogP contribution in [-0.4, -0.2) is 35.5 Å². The maximum atomic E-state index is 6.18. The highest BCUT2D eigenvalue weighted by Gasteiger charge is 2.31. The third-order valence-corrected chi connectivity index (χ3v) is 5.97. The lowest BCUT2D eigenvalue weighted by molar-refractivity contribution is -0.0808. The molecule has 6 heteroatoms. The van der Waals surface area contributed by atoms with Gasteiger partial charge < -0.3 is 14.2 Å². The molecule has 1 aliphatic carbocycles. The van der Waals surface area contributed by atoms with Crippen LogP contribution in [0.15, 0.2) is 59.9 Å². The summed E-state index contributed by atoms with van der Waals surface area (Å²) in [6, 6.07) is 8.17. The first-order valence-electron chi connectivity index (χ1n) is 11.9. The molecule has 0 atom stereocenters. The molecule has 2 aliphatic rings. The summed E-state index contributed by atoms with van der Waals surface area (Å²) in [5.74, 6) is 1.97. The van der Waals surface area contributed by atoms with Gasteiger partial charge in [-0.05, 0) is 55.7 Å². The van der Waals surface area contributed by atoms with Gasteiger partial charge >= 0.3 is 0 Å². The van der Waals surface area contributed by atoms with E-state index in [2.05, 4.69) is 30.1 Å². The highest BCUT2D eigenvalue weighted by atomic mass is 16.6. The van der Waals surface area contributed by atoms with Crippen molar-refractivity contribution in [3.63, 3.8) is 0 Å². The zero-order chi connectivity index (χ0) is 24.1. The summed E-state index contributed by atoms with van der Waals surface area (Å²) in [4.78, 5) is 14.1. The number of aromatic nitrogens is 2. The molecule has 1 aliphatic heterocycles. The Labute approximate surface area is 202 Å². The lowest BCUT2D eigenvalue weighted by atomic mass is 9.99. The number of benzene rings is 1. The van der Waals surface area contributed by atoms with Crippen molar-refractivity contribution in [2.45, 2.75) is 52.7 Å². The van der Waals surface area contributed by atoms with Crippen LogP contribution in [-0.2, 0) is 11.3 Å². The molecule has 4 rings (SSSR count). The van der Waals surface area contributed by atoms with Crippen LogP contribution in [0.5, 0.6) is 11.6 Å². The summed E-state index contributed by atoms with van der Waals surface area (Å²) < 4.78 is 17.5. The minimum absolute atomic E-state index is 0.0148. The minimum atomic E-state index is -0.0148. The van der Waals surface area contributed by atoms with Crippen LogP contribution in [0, 0.1) is 5.92 Å². The van der Waals surface area contributed by atoms with Crippen LogP contribution >= 0.6 is 0 Å². The number of hydrogen-bond acceptors (Lipinski definition) is 6. The van der Waals surface area contributed by atoms with E-state index in [1.165, 1.54) is 0 Å². The first-order valence-corrected chi connectivity index (χ1v) is 11.9. The Bertz CT molecular complexity index is 1110. The molecule has 0 unspecified atom stereocenters. The van der Waals surface area contributed by atoms with Crippen molar-refractivity contribution < 1.29 is 14.2 Å². The number of allylic oxidation sites excluding steroid dienone is 4. The van der Waals surface area contributed by atoms with E-state index in [1.54, 1.807) is 12.4 Å². The van der Waals surface area contributed by atoms with Crippen LogP contribution in [0.4, 0.5) is 0 Å². The molecule has 34 heavy (non-hydrogen) atoms. The summed E-state index contributed by atoms with van der Waals surface area (Å²) in [5.41, 5.74) is 6.07. The Morgan fingerprint density at radius 1 is 1.21 bits per heavy atom. The Kier molecular flexibility index (Phi) is 7.58. The molecule has 0 radical (unpaired) electrons. The van der Waals surface area contributed by atoms with Gasteiger partial charge in [-0.25, -0.2) is 4.98 Å². The fraction of sp³-hybridized carbons (Fsp3) is 0.393. The topological polar surface area (TPSA) is 65.8 Å². The van der Waals surface area contributed by atoms with Crippen molar-refractivity contribution in [2.75, 3.05) is 13.2 Å². The molecule has 2 fully saturated rings. The summed E-state index contributed by atoms with van der Waals surface area (Å²) in [7, 11) is 0. The standard InChI is InChI=1S/C28H33N3O3/c1-6-24(29-7-2)26(19(5)22-12-13-22)27-30-14-25(34-23-16-32-17-23)28(31-27)33-15-20-8-10-21(11-9-20)18(3)4/h7-11,14,22-23H,3,5-6,12-13,15-17H2,1-2,4H3/b26-24+,29-7?. The number of hydrogen-bond donors (Lipinski definition) is 0. The molecule has 0 bridgehead atoms. The van der Waals surface area contributed by atoms with Gasteiger partial charge in [0.15, 0.2) is 5.82 Å². The van der Waals surface area contributed by atoms with Crippen molar-refractivity contribution in [2.24, 2.45) is 10.9 Å². The predicted molar refractivity (Wildman–Crippen MR) is 136 cm³/mol. The van der Waals surface area contributed by atoms with Crippen molar-refractivity contribution in [3.05, 3.63) is 71.8 Å². The third-order valence-electron chi connectivity index (χ3n) is 5.97. The van der Waals surface area contributed by atoms with Gasteiger partial charge in [0.2, 0.25) is 5.75 Å². The molecule has 2 heterocycles. The van der Waals surface area contributed by atoms with Gasteiger partial charge in [-0.1, -0.05) is 49.9 Å². The third kappa shape index (κ3) is 5.62. The number of aliphatic imine (C=N–C) groups is 1. The first kappa shape index (κ1) is 23.9. The fourth-order valence-corrected chi connectivity index (χ4v) is 3.74. The van der Waals surface area contributed by atoms with Crippen molar-refractivity contribution in [1.82, 2.24) is 9.97 Å². The lowest BCUT2D eigenvalue weighted by Gasteiger charge is -2.27. The highest BCUT2D eigenvalue weighted by molar-refractivity contribution is 5.79. The van der Waals surface area contributed by atoms with Gasteiger partial charge in [-0.15, -0.1) is 0 Å². The maximum Gasteiger partial charge on any atom is 0.261 e. The number of ether oxygens (including phenoxy) is 3. The van der Waals surface area contributed by atoms with Gasteiger partial charge in [-0.2, -0.15) is 4.98 Å². The van der Waals surface area contributed by atoms with Crippen molar-refractivity contribution in [1.29, 1.82) is 0 Å². The normalized spacial score (nSPS) is 16.7. The minimum Gasteiger partial charge on any atom is -0.479 e. The Balaban J connectivity index is 1.66. The van der Waals surface area contributed by atoms with E-state index in [9.17, 15) is 0 Å². The van der Waals surface area contributed by atoms with Crippen LogP contribution in [0.25, 0.3) is 11.1 Å². The number of nitrogens with zero attached hydrogens (tertiary/aromatic N) is 3. The second-order valence-electron chi connectivity index (χ2n) is 8.77. The number of rotatable bonds is 11. The summed E-state index contributed by atoms with van der Waals surface area (Å²) in [5, 5.41) is 0. The quantitative estimate of drug-likeness (QED) is 0.303. The molecule has 1 aromatic heterocycles. The van der Waals surface area contributed by atoms with Crippen LogP contribution in [0.3, 0.4) is 0 Å². The SMILES string of the molecule is C=C(C)c1ccc(COc2nc(/C(C(=C)C3CC3)=C(\CC)N=CC)ncc2OC2COC2)cc1. The average molecular weight is 460 g/mol. The Morgan fingerprint density at radius 3 is 2.50 bits per heavy atom. The lowest BCUT2D eigenvalue weighted by Crippen LogP contribution is -2.38. The molecule has 0 N–H and O–H groups in total. The summed E-state index contributed by atoms with van der Waals surface area (Å²) in [6.45, 7) is 15.8. The molecular formula is C28H33N3O3. The second kappa shape index (κ2) is 10.8. The maximum absolute atomic E-state index is 6.18. The molecule has 1 saturated carbocycles. The summed E-state index contributed by atoms with van der Waals surface area (Å²) >= 11 is 0. The molecule has 178 valence electrons. The Hall–Kier alpha value is -3.25. The molecule has 2 aromatic rings. The van der Waals surface area contributed by atoms with Gasteiger partial charge in [0, 0.05) is 11.8 Å². The van der Waals surface area contributed by atoms with Gasteiger partial charge in [-0.3, -0.25) is 4.99 Å². The first-order chi connectivity index (χ1) is 16.5. The van der Waals surface area contributed by atoms with E-state index >= 15 is 0 Å². The summed E-state index contributed by atoms with van der Waals surface area (Å²) in [6.07, 6.45) is 6.53. The zero-order valence-corrected chi connectivity index (χ0v) is 20.3. The van der Waals surface area contributed by atoms with Crippen LogP contribution < -0.4 is 9.47 Å². The Morgan fingerprint density at radius 2 is 1.94 bits per heavy atom. The van der Waals surface area contributed by atoms with E-state index in [0.29, 0.717) is 43.2 Å². The van der Waals surface area contributed by atoms with Gasteiger partial charge in [0.1, 0.15) is 12.7 Å². The van der Waals surface area contributed by atoms with Crippen molar-refractivity contribution in [3.8, 4) is 11.6 Å². The van der Waals surface area contributed by atoms with E-state index in [-0.39, 0.29) is 6.10 Å². The van der Waals surface area contributed by atoms with Gasteiger partial charge in [0.25, 0.3) is 5.88 Å². The predicted octanol–water partition coefficient (Wildman–Crippen LogP) is 6.04. The average Bonchev–Trinajstić information content (AvgIpc) is 3.66. The second-order valence-corrected chi connectivity index (χ2v) is 8.77. The molecule has 0 amide bonds. The monoisotopic (exact) mass is 459 g/mol. The van der Waals surface area contributed by atoms with E-state index in [1.807, 2.05) is 38.1 Å². The molecule has 1 saturated heterocycles. The molecule has 0 spiro atoms. The highest BCUT2D eigenvalue weighted by Crippen LogP contribution is 2.43. The molecule has 6 nitrogen and oxygen atoms in total. The molecule has 1 aromatic carbocycles. The van der Waals surface area contributed by atoms with E-state index in [0.717, 1.165) is 52.8 Å². The largest absolute Gasteiger partial charge is 0.479 e. The molecular weight excluding hydrogens is 426 g/mol. The van der Waals surface area contributed by atoms with E-state index < -0.39 is 0 Å². The van der Waals surface area contributed by atoms with Crippen molar-refractivity contribution >= 4 is 17.4 Å². The van der Waals surface area contributed by atoms with Crippen LogP contribution in [0.1, 0.15) is 57.0 Å². The fourth-order valence-electron chi connectivity index (χ4n) is 3.74. The van der Waals surface area contributed by atoms with Crippen LogP contribution in [0.2, 0.25) is 0 Å². The zero-order valence-electron chi connectivity index (χ0n) is 20.3. The smallest absolute Gasteiger partial charge is 0.261 e. The van der Waals surface area contributed by atoms with Gasteiger partial charge in [0.05, 0.1) is 25.1 Å². The van der Waals surface area contributed by atoms with E-state index in [4.69, 9.17) is 19.2 Å².